The topological polar surface area (TPSA) is 266 Å². The Balaban J connectivity index is 0.000000220. The van der Waals surface area contributed by atoms with Gasteiger partial charge in [0.05, 0.1) is 61.5 Å². The van der Waals surface area contributed by atoms with Gasteiger partial charge in [-0.25, -0.2) is 19.6 Å². The van der Waals surface area contributed by atoms with Crippen molar-refractivity contribution in [3.63, 3.8) is 0 Å². The van der Waals surface area contributed by atoms with Gasteiger partial charge in [0.2, 0.25) is 11.9 Å². The van der Waals surface area contributed by atoms with Gasteiger partial charge >= 0.3 is 41.5 Å². The first-order valence-corrected chi connectivity index (χ1v) is 22.7. The number of pyridine rings is 2. The van der Waals surface area contributed by atoms with Crippen molar-refractivity contribution in [2.45, 2.75) is 84.0 Å². The zero-order valence-corrected chi connectivity index (χ0v) is 42.8. The third-order valence-corrected chi connectivity index (χ3v) is 11.9. The van der Waals surface area contributed by atoms with Crippen molar-refractivity contribution in [3.8, 4) is 11.5 Å². The predicted octanol–water partition coefficient (Wildman–Crippen LogP) is 4.28. The van der Waals surface area contributed by atoms with E-state index in [2.05, 4.69) is 40.5 Å². The molecular formula is C48H54Cl2N11NaO8. The van der Waals surface area contributed by atoms with Gasteiger partial charge in [-0.1, -0.05) is 47.5 Å². The minimum absolute atomic E-state index is 0. The smallest absolute Gasteiger partial charge is 0.870 e. The van der Waals surface area contributed by atoms with Crippen molar-refractivity contribution in [2.75, 3.05) is 41.3 Å². The fraction of sp³-hybridized carbons (Fsp3) is 0.333. The summed E-state index contributed by atoms with van der Waals surface area (Å²) in [5, 5.41) is 25.8. The van der Waals surface area contributed by atoms with E-state index in [9.17, 15) is 14.7 Å². The Morgan fingerprint density at radius 2 is 1.20 bits per heavy atom. The number of ether oxygens (including phenoxy) is 3. The van der Waals surface area contributed by atoms with Crippen molar-refractivity contribution >= 4 is 58.7 Å². The number of aromatic carboxylic acids is 1. The molecule has 6 heterocycles. The Hall–Kier alpha value is -5.90. The van der Waals surface area contributed by atoms with Gasteiger partial charge in [-0.05, 0) is 91.3 Å². The van der Waals surface area contributed by atoms with Crippen LogP contribution in [0.5, 0.6) is 11.5 Å². The van der Waals surface area contributed by atoms with Gasteiger partial charge in [0.25, 0.3) is 0 Å². The van der Waals surface area contributed by atoms with Crippen LogP contribution in [0.1, 0.15) is 87.0 Å². The monoisotopic (exact) mass is 1010 g/mol. The van der Waals surface area contributed by atoms with Crippen LogP contribution in [-0.2, 0) is 44.0 Å². The van der Waals surface area contributed by atoms with E-state index < -0.39 is 11.9 Å². The van der Waals surface area contributed by atoms with Gasteiger partial charge in [0, 0.05) is 57.0 Å². The molecule has 1 fully saturated rings. The molecule has 0 amide bonds. The second-order valence-corrected chi connectivity index (χ2v) is 16.8. The SMILES string of the molecule is CCOC(=O)c1cnc(N2Cc3cccnc3C2)nc1NCc1ccc(OC)c(Cl)c1.COc1ccc(CNc2nc(N3Cc4cccnc4C3)ncc2C(=O)O)cc1Cl.NC1CCC(O)CC1.[Na+].[OH-]. The molecule has 70 heavy (non-hydrogen) atoms. The van der Waals surface area contributed by atoms with Crippen LogP contribution in [0.2, 0.25) is 10.0 Å². The van der Waals surface area contributed by atoms with Gasteiger partial charge in [0.1, 0.15) is 34.3 Å². The number of rotatable bonds is 13. The molecule has 0 saturated heterocycles. The van der Waals surface area contributed by atoms with E-state index >= 15 is 0 Å². The minimum Gasteiger partial charge on any atom is -0.870 e. The summed E-state index contributed by atoms with van der Waals surface area (Å²) in [5.74, 6) is 1.22. The van der Waals surface area contributed by atoms with Gasteiger partial charge < -0.3 is 56.1 Å². The molecule has 19 nitrogen and oxygen atoms in total. The number of nitrogens with two attached hydrogens (primary N) is 1. The fourth-order valence-corrected chi connectivity index (χ4v) is 8.19. The van der Waals surface area contributed by atoms with Crippen molar-refractivity contribution in [1.29, 1.82) is 0 Å². The van der Waals surface area contributed by atoms with Crippen molar-refractivity contribution in [3.05, 3.63) is 140 Å². The number of aromatic nitrogens is 6. The number of fused-ring (bicyclic) bond motifs is 2. The molecule has 22 heteroatoms. The summed E-state index contributed by atoms with van der Waals surface area (Å²) in [7, 11) is 3.12. The number of hydrogen-bond acceptors (Lipinski definition) is 18. The minimum atomic E-state index is -1.10. The van der Waals surface area contributed by atoms with Crippen molar-refractivity contribution < 1.29 is 69.0 Å². The molecule has 9 rings (SSSR count). The number of carboxylic acid groups (broad SMARTS) is 1. The molecule has 0 spiro atoms. The number of carbonyl (C=O) groups is 2. The third kappa shape index (κ3) is 14.4. The number of carbonyl (C=O) groups excluding carboxylic acids is 1. The van der Waals surface area contributed by atoms with E-state index in [1.54, 1.807) is 51.7 Å². The number of methoxy groups -OCH3 is 2. The number of esters is 1. The Morgan fingerprint density at radius 1 is 0.729 bits per heavy atom. The Morgan fingerprint density at radius 3 is 1.61 bits per heavy atom. The van der Waals surface area contributed by atoms with E-state index in [1.807, 2.05) is 52.3 Å². The molecule has 0 unspecified atom stereocenters. The number of anilines is 4. The number of nitrogens with zero attached hydrogens (tertiary/aromatic N) is 8. The fourth-order valence-electron chi connectivity index (χ4n) is 7.63. The summed E-state index contributed by atoms with van der Waals surface area (Å²) < 4.78 is 15.5. The van der Waals surface area contributed by atoms with Crippen molar-refractivity contribution in [1.82, 2.24) is 29.9 Å². The molecule has 7 N–H and O–H groups in total. The molecule has 2 aromatic carbocycles. The summed E-state index contributed by atoms with van der Waals surface area (Å²) in [5.41, 5.74) is 11.9. The second kappa shape index (κ2) is 26.3. The van der Waals surface area contributed by atoms with Crippen LogP contribution in [0.3, 0.4) is 0 Å². The molecule has 0 bridgehead atoms. The van der Waals surface area contributed by atoms with Gasteiger partial charge in [0.15, 0.2) is 0 Å². The number of nitrogens with one attached hydrogen (secondary N) is 2. The first-order chi connectivity index (χ1) is 32.9. The molecule has 364 valence electrons. The molecule has 6 aromatic rings. The Kier molecular flexibility index (Phi) is 20.7. The zero-order chi connectivity index (χ0) is 48.2. The van der Waals surface area contributed by atoms with Crippen molar-refractivity contribution in [2.24, 2.45) is 5.73 Å². The first kappa shape index (κ1) is 55.0. The van der Waals surface area contributed by atoms with Crippen LogP contribution in [0.4, 0.5) is 23.5 Å². The maximum Gasteiger partial charge on any atom is 1.00 e. The summed E-state index contributed by atoms with van der Waals surface area (Å²) in [6, 6.07) is 19.1. The Labute approximate surface area is 437 Å². The molecule has 0 atom stereocenters. The number of benzene rings is 2. The van der Waals surface area contributed by atoms with Gasteiger partial charge in [-0.2, -0.15) is 9.97 Å². The average molecular weight is 1010 g/mol. The van der Waals surface area contributed by atoms with E-state index in [-0.39, 0.29) is 64.7 Å². The summed E-state index contributed by atoms with van der Waals surface area (Å²) in [4.78, 5) is 54.5. The maximum absolute atomic E-state index is 12.4. The van der Waals surface area contributed by atoms with Gasteiger partial charge in [-0.15, -0.1) is 0 Å². The number of aliphatic hydroxyl groups is 1. The zero-order valence-electron chi connectivity index (χ0n) is 39.3. The molecule has 2 aliphatic heterocycles. The number of hydrogen-bond donors (Lipinski definition) is 5. The van der Waals surface area contributed by atoms with Crippen LogP contribution in [0.15, 0.2) is 85.5 Å². The molecule has 0 radical (unpaired) electrons. The van der Waals surface area contributed by atoms with Crippen LogP contribution in [0.25, 0.3) is 0 Å². The summed E-state index contributed by atoms with van der Waals surface area (Å²) >= 11 is 12.4. The van der Waals surface area contributed by atoms with Crippen LogP contribution < -0.4 is 65.2 Å². The molecule has 3 aliphatic rings. The molecule has 1 aliphatic carbocycles. The summed E-state index contributed by atoms with van der Waals surface area (Å²) in [6.45, 7) is 5.27. The van der Waals surface area contributed by atoms with Crippen LogP contribution >= 0.6 is 23.2 Å². The van der Waals surface area contributed by atoms with E-state index in [1.165, 1.54) is 12.4 Å². The normalized spacial score (nSPS) is 15.2. The second-order valence-electron chi connectivity index (χ2n) is 16.0. The standard InChI is InChI=1S/C22H22ClN5O3.C20H18ClN5O3.C6H13NO.Na.H2O/c1-3-31-21(29)16-11-26-22(28-12-15-5-4-8-24-18(15)13-28)27-20(16)25-10-14-6-7-19(30-2)17(23)9-14;1-29-17-5-4-12(7-15(17)21)8-23-18-14(19(27)28)9-24-20(25-18)26-10-13-3-2-6-22-16(13)11-26;7-5-1-3-6(8)4-2-5;;/h4-9,11H,3,10,12-13H2,1-2H3,(H,25,26,27);2-7,9H,8,10-11H2,1H3,(H,27,28)(H,23,24,25);5-6,8H,1-4,7H2;;1H2/q;;;+1;/p-1. The predicted molar refractivity (Wildman–Crippen MR) is 260 cm³/mol. The van der Waals surface area contributed by atoms with Crippen LogP contribution in [-0.4, -0.2) is 90.5 Å². The first-order valence-electron chi connectivity index (χ1n) is 22.0. The Bertz CT molecular complexity index is 2660. The number of halogens is 2. The third-order valence-electron chi connectivity index (χ3n) is 11.3. The van der Waals surface area contributed by atoms with Crippen LogP contribution in [0, 0.1) is 0 Å². The van der Waals surface area contributed by atoms with E-state index in [0.29, 0.717) is 84.6 Å². The average Bonchev–Trinajstić information content (AvgIpc) is 3.99. The maximum atomic E-state index is 12.4. The molecule has 4 aromatic heterocycles. The molecule has 1 saturated carbocycles. The number of carboxylic acids is 1. The largest absolute Gasteiger partial charge is 1.00 e. The molecular weight excluding hydrogens is 952 g/mol. The number of aliphatic hydroxyl groups excluding tert-OH is 1. The summed E-state index contributed by atoms with van der Waals surface area (Å²) in [6.07, 6.45) is 10.1. The van der Waals surface area contributed by atoms with Gasteiger partial charge in [-0.3, -0.25) is 9.97 Å². The quantitative estimate of drug-likeness (QED) is 0.0798. The van der Waals surface area contributed by atoms with E-state index in [4.69, 9.17) is 48.3 Å². The van der Waals surface area contributed by atoms with E-state index in [0.717, 1.165) is 59.3 Å².